The predicted octanol–water partition coefficient (Wildman–Crippen LogP) is 3.01. The SMILES string of the molecule is CCCc1csc(CCC(C)(C)CN)n1. The largest absolute Gasteiger partial charge is 0.330 e. The smallest absolute Gasteiger partial charge is 0.0928 e. The Morgan fingerprint density at radius 1 is 1.40 bits per heavy atom. The lowest BCUT2D eigenvalue weighted by molar-refractivity contribution is 0.347. The molecule has 1 aromatic heterocycles. The summed E-state index contributed by atoms with van der Waals surface area (Å²) in [5.41, 5.74) is 7.21. The molecule has 2 nitrogen and oxygen atoms in total. The first-order valence-corrected chi connectivity index (χ1v) is 6.58. The topological polar surface area (TPSA) is 38.9 Å². The van der Waals surface area contributed by atoms with E-state index in [1.54, 1.807) is 11.3 Å². The molecule has 0 aliphatic heterocycles. The standard InChI is InChI=1S/C12H22N2S/c1-4-5-10-8-15-11(14-10)6-7-12(2,3)9-13/h8H,4-7,9,13H2,1-3H3. The molecular weight excluding hydrogens is 204 g/mol. The molecule has 0 saturated carbocycles. The summed E-state index contributed by atoms with van der Waals surface area (Å²) in [4.78, 5) is 4.62. The van der Waals surface area contributed by atoms with Crippen molar-refractivity contribution in [2.45, 2.75) is 46.5 Å². The van der Waals surface area contributed by atoms with Crippen molar-refractivity contribution in [1.29, 1.82) is 0 Å². The number of aromatic nitrogens is 1. The Morgan fingerprint density at radius 3 is 2.73 bits per heavy atom. The quantitative estimate of drug-likeness (QED) is 0.810. The van der Waals surface area contributed by atoms with Gasteiger partial charge in [-0.05, 0) is 31.2 Å². The normalized spacial score (nSPS) is 12.0. The molecular formula is C12H22N2S. The Bertz CT molecular complexity index is 292. The Balaban J connectivity index is 2.44. The second-order valence-electron chi connectivity index (χ2n) is 4.85. The van der Waals surface area contributed by atoms with Gasteiger partial charge in [-0.1, -0.05) is 27.2 Å². The van der Waals surface area contributed by atoms with Gasteiger partial charge in [0.05, 0.1) is 10.7 Å². The van der Waals surface area contributed by atoms with Gasteiger partial charge in [0.15, 0.2) is 0 Å². The van der Waals surface area contributed by atoms with Crippen LogP contribution in [0.5, 0.6) is 0 Å². The molecule has 86 valence electrons. The highest BCUT2D eigenvalue weighted by Crippen LogP contribution is 2.22. The van der Waals surface area contributed by atoms with Crippen LogP contribution in [0.25, 0.3) is 0 Å². The van der Waals surface area contributed by atoms with Gasteiger partial charge in [-0.2, -0.15) is 0 Å². The fourth-order valence-corrected chi connectivity index (χ4v) is 2.21. The van der Waals surface area contributed by atoms with Crippen LogP contribution in [0.3, 0.4) is 0 Å². The summed E-state index contributed by atoms with van der Waals surface area (Å²) >= 11 is 1.79. The molecule has 0 aliphatic carbocycles. The maximum absolute atomic E-state index is 5.71. The van der Waals surface area contributed by atoms with E-state index in [1.165, 1.54) is 17.1 Å². The van der Waals surface area contributed by atoms with E-state index in [0.29, 0.717) is 0 Å². The first-order valence-electron chi connectivity index (χ1n) is 5.71. The molecule has 1 heterocycles. The summed E-state index contributed by atoms with van der Waals surface area (Å²) < 4.78 is 0. The summed E-state index contributed by atoms with van der Waals surface area (Å²) in [5, 5.41) is 3.45. The molecule has 0 aliphatic rings. The van der Waals surface area contributed by atoms with Gasteiger partial charge in [0.25, 0.3) is 0 Å². The summed E-state index contributed by atoms with van der Waals surface area (Å²) in [6.07, 6.45) is 4.48. The zero-order valence-corrected chi connectivity index (χ0v) is 10.9. The van der Waals surface area contributed by atoms with Gasteiger partial charge in [-0.25, -0.2) is 4.98 Å². The zero-order valence-electron chi connectivity index (χ0n) is 10.0. The van der Waals surface area contributed by atoms with Crippen molar-refractivity contribution in [1.82, 2.24) is 4.98 Å². The average Bonchev–Trinajstić information content (AvgIpc) is 2.64. The zero-order chi connectivity index (χ0) is 11.3. The molecule has 0 fully saturated rings. The number of hydrogen-bond acceptors (Lipinski definition) is 3. The van der Waals surface area contributed by atoms with Crippen LogP contribution in [-0.2, 0) is 12.8 Å². The van der Waals surface area contributed by atoms with Crippen molar-refractivity contribution < 1.29 is 0 Å². The third-order valence-corrected chi connectivity index (χ3v) is 3.63. The number of rotatable bonds is 6. The Labute approximate surface area is 96.9 Å². The van der Waals surface area contributed by atoms with E-state index in [1.807, 2.05) is 0 Å². The Morgan fingerprint density at radius 2 is 2.13 bits per heavy atom. The molecule has 0 atom stereocenters. The van der Waals surface area contributed by atoms with E-state index in [9.17, 15) is 0 Å². The van der Waals surface area contributed by atoms with Crippen molar-refractivity contribution >= 4 is 11.3 Å². The molecule has 1 aromatic rings. The highest BCUT2D eigenvalue weighted by molar-refractivity contribution is 7.09. The number of nitrogens with two attached hydrogens (primary N) is 1. The van der Waals surface area contributed by atoms with Gasteiger partial charge >= 0.3 is 0 Å². The van der Waals surface area contributed by atoms with Crippen LogP contribution in [0.15, 0.2) is 5.38 Å². The van der Waals surface area contributed by atoms with E-state index in [2.05, 4.69) is 31.1 Å². The minimum Gasteiger partial charge on any atom is -0.330 e. The molecule has 2 N–H and O–H groups in total. The monoisotopic (exact) mass is 226 g/mol. The van der Waals surface area contributed by atoms with E-state index in [-0.39, 0.29) is 5.41 Å². The number of aryl methyl sites for hydroxylation is 2. The summed E-state index contributed by atoms with van der Waals surface area (Å²) in [7, 11) is 0. The first kappa shape index (κ1) is 12.7. The highest BCUT2D eigenvalue weighted by Gasteiger charge is 2.16. The van der Waals surface area contributed by atoms with Crippen LogP contribution in [0, 0.1) is 5.41 Å². The minimum absolute atomic E-state index is 0.247. The minimum atomic E-state index is 0.247. The Hall–Kier alpha value is -0.410. The van der Waals surface area contributed by atoms with Crippen LogP contribution < -0.4 is 5.73 Å². The van der Waals surface area contributed by atoms with Crippen LogP contribution in [0.4, 0.5) is 0 Å². The van der Waals surface area contributed by atoms with Gasteiger partial charge in [-0.15, -0.1) is 11.3 Å². The fourth-order valence-electron chi connectivity index (χ4n) is 1.38. The van der Waals surface area contributed by atoms with Crippen LogP contribution >= 0.6 is 11.3 Å². The predicted molar refractivity (Wildman–Crippen MR) is 67.3 cm³/mol. The molecule has 0 aromatic carbocycles. The van der Waals surface area contributed by atoms with Gasteiger partial charge in [-0.3, -0.25) is 0 Å². The van der Waals surface area contributed by atoms with Gasteiger partial charge in [0.2, 0.25) is 0 Å². The van der Waals surface area contributed by atoms with E-state index in [0.717, 1.165) is 25.8 Å². The molecule has 0 saturated heterocycles. The average molecular weight is 226 g/mol. The van der Waals surface area contributed by atoms with Gasteiger partial charge < -0.3 is 5.73 Å². The molecule has 0 spiro atoms. The van der Waals surface area contributed by atoms with E-state index < -0.39 is 0 Å². The number of thiazole rings is 1. The molecule has 1 rings (SSSR count). The van der Waals surface area contributed by atoms with Crippen molar-refractivity contribution in [2.24, 2.45) is 11.1 Å². The Kier molecular flexibility index (Phi) is 4.74. The lowest BCUT2D eigenvalue weighted by Crippen LogP contribution is -2.23. The number of hydrogen-bond donors (Lipinski definition) is 1. The van der Waals surface area contributed by atoms with E-state index in [4.69, 9.17) is 5.73 Å². The lowest BCUT2D eigenvalue weighted by atomic mass is 9.88. The van der Waals surface area contributed by atoms with Crippen molar-refractivity contribution in [3.8, 4) is 0 Å². The van der Waals surface area contributed by atoms with Crippen LogP contribution in [0.2, 0.25) is 0 Å². The molecule has 0 unspecified atom stereocenters. The van der Waals surface area contributed by atoms with Gasteiger partial charge in [0.1, 0.15) is 0 Å². The lowest BCUT2D eigenvalue weighted by Gasteiger charge is -2.21. The fraction of sp³-hybridized carbons (Fsp3) is 0.750. The second kappa shape index (κ2) is 5.61. The highest BCUT2D eigenvalue weighted by atomic mass is 32.1. The summed E-state index contributed by atoms with van der Waals surface area (Å²) in [6, 6.07) is 0. The first-order chi connectivity index (χ1) is 7.07. The van der Waals surface area contributed by atoms with Crippen molar-refractivity contribution in [3.05, 3.63) is 16.1 Å². The molecule has 3 heteroatoms. The van der Waals surface area contributed by atoms with Crippen LogP contribution in [-0.4, -0.2) is 11.5 Å². The third kappa shape index (κ3) is 4.31. The third-order valence-electron chi connectivity index (χ3n) is 2.67. The van der Waals surface area contributed by atoms with Gasteiger partial charge in [0, 0.05) is 5.38 Å². The number of nitrogens with zero attached hydrogens (tertiary/aromatic N) is 1. The van der Waals surface area contributed by atoms with Crippen molar-refractivity contribution in [3.63, 3.8) is 0 Å². The molecule has 0 radical (unpaired) electrons. The maximum atomic E-state index is 5.71. The maximum Gasteiger partial charge on any atom is 0.0928 e. The molecule has 0 amide bonds. The van der Waals surface area contributed by atoms with Crippen molar-refractivity contribution in [2.75, 3.05) is 6.54 Å². The summed E-state index contributed by atoms with van der Waals surface area (Å²) in [6.45, 7) is 7.37. The summed E-state index contributed by atoms with van der Waals surface area (Å²) in [5.74, 6) is 0. The molecule has 0 bridgehead atoms. The second-order valence-corrected chi connectivity index (χ2v) is 5.79. The van der Waals surface area contributed by atoms with Crippen LogP contribution in [0.1, 0.15) is 44.3 Å². The molecule has 15 heavy (non-hydrogen) atoms. The van der Waals surface area contributed by atoms with E-state index >= 15 is 0 Å².